The maximum absolute atomic E-state index is 7.02. The van der Waals surface area contributed by atoms with Crippen molar-refractivity contribution in [2.75, 3.05) is 18.1 Å². The summed E-state index contributed by atoms with van der Waals surface area (Å²) in [7, 11) is 0. The summed E-state index contributed by atoms with van der Waals surface area (Å²) in [5, 5.41) is 4.75. The normalized spacial score (nSPS) is 13.1. The number of allylic oxidation sites excluding steroid dienone is 6. The van der Waals surface area contributed by atoms with Crippen molar-refractivity contribution in [3.8, 4) is 45.3 Å². The van der Waals surface area contributed by atoms with Gasteiger partial charge in [-0.2, -0.15) is 0 Å². The molecule has 0 bridgehead atoms. The second-order valence-electron chi connectivity index (χ2n) is 25.6. The van der Waals surface area contributed by atoms with Crippen LogP contribution in [0.2, 0.25) is 0 Å². The molecule has 5 heteroatoms. The molecule has 90 heavy (non-hydrogen) atoms. The highest BCUT2D eigenvalue weighted by Crippen LogP contribution is 2.59. The van der Waals surface area contributed by atoms with Crippen LogP contribution in [-0.4, -0.2) is 13.2 Å². The van der Waals surface area contributed by atoms with E-state index in [0.29, 0.717) is 13.2 Å². The molecule has 1 aliphatic heterocycles. The molecule has 9 aromatic rings. The Morgan fingerprint density at radius 1 is 0.500 bits per heavy atom. The number of ether oxygens (including phenoxy) is 3. The Balaban J connectivity index is 1.03. The molecule has 8 aromatic carbocycles. The molecule has 0 atom stereocenters. The average molecular weight is 1200 g/mol. The van der Waals surface area contributed by atoms with Gasteiger partial charge in [0, 0.05) is 27.4 Å². The largest absolute Gasteiger partial charge is 0.493 e. The predicted molar refractivity (Wildman–Crippen MR) is 384 cm³/mol. The molecule has 0 fully saturated rings. The summed E-state index contributed by atoms with van der Waals surface area (Å²) in [6, 6.07) is 51.1. The third kappa shape index (κ3) is 14.1. The number of nitrogens with zero attached hydrogens (tertiary/aromatic N) is 1. The minimum absolute atomic E-state index is 0.195. The van der Waals surface area contributed by atoms with Gasteiger partial charge in [0.15, 0.2) is 11.5 Å². The highest BCUT2D eigenvalue weighted by molar-refractivity contribution is 6.09. The quantitative estimate of drug-likeness (QED) is 0.0297. The second-order valence-corrected chi connectivity index (χ2v) is 25.6. The van der Waals surface area contributed by atoms with Crippen LogP contribution in [0, 0.1) is 6.92 Å². The van der Waals surface area contributed by atoms with E-state index in [1.54, 1.807) is 0 Å². The van der Waals surface area contributed by atoms with Crippen LogP contribution < -0.4 is 19.1 Å². The van der Waals surface area contributed by atoms with Gasteiger partial charge in [0.25, 0.3) is 0 Å². The SMILES string of the molecule is C=C/C=C\CCCOc1cc2c(cc1CC)oc1cc(-c3ccc4c(c3)C(CCCCCCCC)(CCCCCCCC)c3cc(Cc5ccc6c(c5)Oc5cc(C)ccc5N6c5ccc(CCCC)cc5)c5ccccc5c3-4)c(OCCC/C=C\C=C)cc12. The molecule has 5 nitrogen and oxygen atoms in total. The van der Waals surface area contributed by atoms with Gasteiger partial charge in [-0.25, -0.2) is 0 Å². The summed E-state index contributed by atoms with van der Waals surface area (Å²) in [6.07, 6.45) is 38.1. The van der Waals surface area contributed by atoms with Crippen LogP contribution in [-0.2, 0) is 24.7 Å². The molecule has 1 aliphatic carbocycles. The van der Waals surface area contributed by atoms with E-state index in [9.17, 15) is 0 Å². The Morgan fingerprint density at radius 2 is 1.11 bits per heavy atom. The minimum Gasteiger partial charge on any atom is -0.493 e. The van der Waals surface area contributed by atoms with Gasteiger partial charge in [0.1, 0.15) is 22.7 Å². The first-order valence-electron chi connectivity index (χ1n) is 34.6. The van der Waals surface area contributed by atoms with Gasteiger partial charge in [-0.3, -0.25) is 0 Å². The van der Waals surface area contributed by atoms with Crippen molar-refractivity contribution in [1.82, 2.24) is 0 Å². The first kappa shape index (κ1) is 63.5. The topological polar surface area (TPSA) is 44.1 Å². The van der Waals surface area contributed by atoms with Crippen molar-refractivity contribution >= 4 is 49.8 Å². The molecule has 11 rings (SSSR count). The van der Waals surface area contributed by atoms with Gasteiger partial charge in [-0.1, -0.05) is 228 Å². The van der Waals surface area contributed by atoms with Crippen LogP contribution in [0.3, 0.4) is 0 Å². The first-order valence-corrected chi connectivity index (χ1v) is 34.6. The Labute approximate surface area is 538 Å². The molecule has 1 aromatic heterocycles. The summed E-state index contributed by atoms with van der Waals surface area (Å²) in [6.45, 7) is 20.2. The molecule has 0 N–H and O–H groups in total. The monoisotopic (exact) mass is 1200 g/mol. The summed E-state index contributed by atoms with van der Waals surface area (Å²) >= 11 is 0. The van der Waals surface area contributed by atoms with E-state index in [1.807, 2.05) is 24.3 Å². The zero-order chi connectivity index (χ0) is 62.2. The maximum Gasteiger partial charge on any atom is 0.151 e. The third-order valence-electron chi connectivity index (χ3n) is 19.2. The fraction of sp³-hybridized carbons (Fsp3) is 0.365. The lowest BCUT2D eigenvalue weighted by molar-refractivity contribution is 0.309. The Morgan fingerprint density at radius 3 is 1.79 bits per heavy atom. The van der Waals surface area contributed by atoms with Crippen molar-refractivity contribution in [2.24, 2.45) is 0 Å². The lowest BCUT2D eigenvalue weighted by Crippen LogP contribution is -2.26. The molecule has 2 heterocycles. The van der Waals surface area contributed by atoms with Gasteiger partial charge in [0.2, 0.25) is 0 Å². The smallest absolute Gasteiger partial charge is 0.151 e. The molecule has 466 valence electrons. The van der Waals surface area contributed by atoms with E-state index in [2.05, 4.69) is 198 Å². The highest BCUT2D eigenvalue weighted by Gasteiger charge is 2.44. The van der Waals surface area contributed by atoms with Crippen LogP contribution in [0.1, 0.15) is 195 Å². The Hall–Kier alpha value is -8.02. The minimum atomic E-state index is -0.195. The third-order valence-corrected chi connectivity index (χ3v) is 19.2. The summed E-state index contributed by atoms with van der Waals surface area (Å²) < 4.78 is 27.4. The molecule has 0 saturated carbocycles. The molecule has 0 unspecified atom stereocenters. The zero-order valence-electron chi connectivity index (χ0n) is 54.8. The zero-order valence-corrected chi connectivity index (χ0v) is 54.8. The lowest BCUT2D eigenvalue weighted by atomic mass is 9.69. The van der Waals surface area contributed by atoms with Crippen LogP contribution >= 0.6 is 0 Å². The number of fused-ring (bicyclic) bond motifs is 10. The molecule has 0 radical (unpaired) electrons. The number of furan rings is 1. The Kier molecular flexibility index (Phi) is 21.6. The van der Waals surface area contributed by atoms with Crippen molar-refractivity contribution in [3.05, 3.63) is 222 Å². The van der Waals surface area contributed by atoms with Crippen molar-refractivity contribution in [1.29, 1.82) is 0 Å². The number of rotatable bonds is 34. The van der Waals surface area contributed by atoms with E-state index in [-0.39, 0.29) is 5.41 Å². The van der Waals surface area contributed by atoms with Crippen LogP contribution in [0.4, 0.5) is 17.1 Å². The number of anilines is 3. The highest BCUT2D eigenvalue weighted by atomic mass is 16.5. The number of benzene rings is 8. The fourth-order valence-corrected chi connectivity index (χ4v) is 14.4. The average Bonchev–Trinajstić information content (AvgIpc) is 1.53. The van der Waals surface area contributed by atoms with Gasteiger partial charge in [-0.05, 0) is 204 Å². The van der Waals surface area contributed by atoms with Crippen LogP contribution in [0.25, 0.3) is 55.0 Å². The fourth-order valence-electron chi connectivity index (χ4n) is 14.4. The molecule has 0 saturated heterocycles. The number of aryl methyl sites for hydroxylation is 3. The maximum atomic E-state index is 7.02. The lowest BCUT2D eigenvalue weighted by Gasteiger charge is -2.34. The van der Waals surface area contributed by atoms with E-state index < -0.39 is 0 Å². The number of unbranched alkanes of at least 4 members (excludes halogenated alkanes) is 13. The van der Waals surface area contributed by atoms with Crippen molar-refractivity contribution in [3.63, 3.8) is 0 Å². The second kappa shape index (κ2) is 30.7. The summed E-state index contributed by atoms with van der Waals surface area (Å²) in [5.74, 6) is 3.59. The first-order chi connectivity index (χ1) is 44.3. The van der Waals surface area contributed by atoms with Crippen molar-refractivity contribution in [2.45, 2.75) is 188 Å². The van der Waals surface area contributed by atoms with Gasteiger partial charge >= 0.3 is 0 Å². The number of hydrogen-bond donors (Lipinski definition) is 0. The number of hydrogen-bond acceptors (Lipinski definition) is 5. The van der Waals surface area contributed by atoms with Gasteiger partial charge < -0.3 is 23.5 Å². The molecular weight excluding hydrogens is 1100 g/mol. The van der Waals surface area contributed by atoms with E-state index >= 15 is 0 Å². The molecule has 0 spiro atoms. The van der Waals surface area contributed by atoms with E-state index in [1.165, 1.54) is 151 Å². The van der Waals surface area contributed by atoms with Crippen molar-refractivity contribution < 1.29 is 18.6 Å². The van der Waals surface area contributed by atoms with Crippen LogP contribution in [0.15, 0.2) is 187 Å². The van der Waals surface area contributed by atoms with Gasteiger partial charge in [-0.15, -0.1) is 0 Å². The predicted octanol–water partition coefficient (Wildman–Crippen LogP) is 25.4. The summed E-state index contributed by atoms with van der Waals surface area (Å²) in [5.41, 5.74) is 19.1. The Bertz CT molecular complexity index is 3970. The molecule has 0 amide bonds. The molecular formula is C85H97NO4. The van der Waals surface area contributed by atoms with E-state index in [0.717, 1.165) is 131 Å². The van der Waals surface area contributed by atoms with Gasteiger partial charge in [0.05, 0.1) is 24.6 Å². The standard InChI is InChI=1S/C85H97NO4/c1-8-14-19-23-25-31-48-85(49-32-26-24-20-15-9-2)74-55-65(71-58-81-73(60-79(71)88-51-34-28-22-17-11-4)72-59-78(64(13-6)57-80(72)89-81)87-50-33-27-21-16-10-3)42-45-70(74)84-69-37-30-29-36-68(69)66(56-75(84)85)53-63-41-47-77-83(54-63)90-82-52-61(7)38-46-76(82)86(77)67-43-39-62(40-44-67)35-18-12-5/h10-11,16-17,21-22,29-30,36-47,52,54-60H,3-4,8-9,12-15,18-20,23-28,31-35,48-51,53H2,1-2,5-7H3/b21-16-,22-17-. The van der Waals surface area contributed by atoms with Crippen LogP contribution in [0.5, 0.6) is 23.0 Å². The van der Waals surface area contributed by atoms with E-state index in [4.69, 9.17) is 18.6 Å². The molecule has 2 aliphatic rings. The summed E-state index contributed by atoms with van der Waals surface area (Å²) in [4.78, 5) is 2.39.